The van der Waals surface area contributed by atoms with Crippen molar-refractivity contribution >= 4 is 6.34 Å². The van der Waals surface area contributed by atoms with Crippen molar-refractivity contribution in [2.45, 2.75) is 37.6 Å². The summed E-state index contributed by atoms with van der Waals surface area (Å²) in [7, 11) is 0. The van der Waals surface area contributed by atoms with E-state index in [2.05, 4.69) is 34.6 Å². The third kappa shape index (κ3) is 1.43. The van der Waals surface area contributed by atoms with Crippen molar-refractivity contribution in [3.63, 3.8) is 0 Å². The van der Waals surface area contributed by atoms with Crippen LogP contribution in [-0.4, -0.2) is 18.9 Å². The van der Waals surface area contributed by atoms with E-state index in [0.29, 0.717) is 11.5 Å². The van der Waals surface area contributed by atoms with Gasteiger partial charge in [0.25, 0.3) is 0 Å². The molecule has 1 N–H and O–H groups in total. The van der Waals surface area contributed by atoms with Gasteiger partial charge in [0, 0.05) is 6.04 Å². The highest BCUT2D eigenvalue weighted by Crippen LogP contribution is 2.67. The van der Waals surface area contributed by atoms with E-state index in [-0.39, 0.29) is 0 Å². The van der Waals surface area contributed by atoms with Gasteiger partial charge in [-0.25, -0.2) is 0 Å². The monoisotopic (exact) mass is 226 g/mol. The normalized spacial score (nSPS) is 37.2. The lowest BCUT2D eigenvalue weighted by Crippen LogP contribution is -2.29. The Kier molecular flexibility index (Phi) is 1.91. The van der Waals surface area contributed by atoms with Gasteiger partial charge in [-0.05, 0) is 48.1 Å². The number of aryl methyl sites for hydroxylation is 1. The summed E-state index contributed by atoms with van der Waals surface area (Å²) >= 11 is 0. The highest BCUT2D eigenvalue weighted by atomic mass is 15.1. The van der Waals surface area contributed by atoms with Gasteiger partial charge < -0.3 is 5.32 Å². The molecule has 4 rings (SSSR count). The van der Waals surface area contributed by atoms with Crippen LogP contribution >= 0.6 is 0 Å². The van der Waals surface area contributed by atoms with Crippen molar-refractivity contribution in [2.24, 2.45) is 10.4 Å². The van der Waals surface area contributed by atoms with Gasteiger partial charge >= 0.3 is 0 Å². The van der Waals surface area contributed by atoms with Gasteiger partial charge in [0.15, 0.2) is 0 Å². The van der Waals surface area contributed by atoms with Crippen molar-refractivity contribution in [1.29, 1.82) is 0 Å². The van der Waals surface area contributed by atoms with Crippen LogP contribution in [0.4, 0.5) is 0 Å². The third-order valence-electron chi connectivity index (χ3n) is 4.89. The van der Waals surface area contributed by atoms with E-state index < -0.39 is 0 Å². The summed E-state index contributed by atoms with van der Waals surface area (Å²) in [4.78, 5) is 4.29. The summed E-state index contributed by atoms with van der Waals surface area (Å²) in [6.45, 7) is 0.982. The van der Waals surface area contributed by atoms with Crippen molar-refractivity contribution in [1.82, 2.24) is 5.32 Å². The highest BCUT2D eigenvalue weighted by Gasteiger charge is 2.57. The van der Waals surface area contributed by atoms with Crippen LogP contribution in [-0.2, 0) is 6.42 Å². The van der Waals surface area contributed by atoms with Gasteiger partial charge in [-0.1, -0.05) is 24.3 Å². The molecule has 0 aromatic heterocycles. The molecule has 0 saturated heterocycles. The number of aliphatic imine (C=N–C) groups is 1. The summed E-state index contributed by atoms with van der Waals surface area (Å²) in [5.41, 5.74) is 3.85. The van der Waals surface area contributed by atoms with E-state index in [1.807, 2.05) is 6.34 Å². The molecule has 1 heterocycles. The van der Waals surface area contributed by atoms with Crippen molar-refractivity contribution in [2.75, 3.05) is 6.54 Å². The van der Waals surface area contributed by atoms with Crippen molar-refractivity contribution in [3.8, 4) is 0 Å². The number of hydrogen-bond donors (Lipinski definition) is 1. The zero-order chi connectivity index (χ0) is 11.3. The van der Waals surface area contributed by atoms with Crippen LogP contribution in [0.15, 0.2) is 29.3 Å². The maximum atomic E-state index is 4.29. The third-order valence-corrected chi connectivity index (χ3v) is 4.89. The molecule has 3 aliphatic rings. The van der Waals surface area contributed by atoms with E-state index in [0.717, 1.165) is 12.5 Å². The maximum absolute atomic E-state index is 4.29. The Hall–Kier alpha value is -1.31. The Balaban J connectivity index is 1.56. The molecule has 1 aliphatic heterocycles. The second-order valence-electron chi connectivity index (χ2n) is 5.88. The number of nitrogens with one attached hydrogen (secondary N) is 1. The first-order chi connectivity index (χ1) is 8.37. The molecule has 3 unspecified atom stereocenters. The molecule has 1 fully saturated rings. The molecule has 0 spiro atoms. The summed E-state index contributed by atoms with van der Waals surface area (Å²) in [5, 5.41) is 3.39. The van der Waals surface area contributed by atoms with Crippen molar-refractivity contribution < 1.29 is 0 Å². The van der Waals surface area contributed by atoms with Crippen LogP contribution in [0.1, 0.15) is 36.3 Å². The summed E-state index contributed by atoms with van der Waals surface area (Å²) in [5.74, 6) is 0.842. The standard InChI is InChI=1S/C15H18N2/c1-2-4-13-11(3-1)5-6-15(8-14(13)15)7-12-9-16-10-17-12/h1-4,10,12,14H,5-9H2,(H,16,17). The average molecular weight is 226 g/mol. The number of nitrogens with zero attached hydrogens (tertiary/aromatic N) is 1. The van der Waals surface area contributed by atoms with Gasteiger partial charge in [-0.3, -0.25) is 4.99 Å². The van der Waals surface area contributed by atoms with E-state index >= 15 is 0 Å². The van der Waals surface area contributed by atoms with Crippen LogP contribution in [0, 0.1) is 5.41 Å². The minimum absolute atomic E-state index is 0.602. The van der Waals surface area contributed by atoms with Crippen LogP contribution in [0.3, 0.4) is 0 Å². The lowest BCUT2D eigenvalue weighted by Gasteiger charge is -2.26. The fourth-order valence-corrected chi connectivity index (χ4v) is 3.88. The van der Waals surface area contributed by atoms with E-state index in [1.165, 1.54) is 25.7 Å². The number of benzene rings is 1. The zero-order valence-corrected chi connectivity index (χ0v) is 10.0. The Morgan fingerprint density at radius 3 is 3.18 bits per heavy atom. The van der Waals surface area contributed by atoms with E-state index in [1.54, 1.807) is 11.1 Å². The molecular weight excluding hydrogens is 208 g/mol. The highest BCUT2D eigenvalue weighted by molar-refractivity contribution is 5.57. The Morgan fingerprint density at radius 1 is 1.35 bits per heavy atom. The molecule has 1 aromatic rings. The van der Waals surface area contributed by atoms with Gasteiger partial charge in [0.05, 0.1) is 12.9 Å². The van der Waals surface area contributed by atoms with Crippen molar-refractivity contribution in [3.05, 3.63) is 35.4 Å². The van der Waals surface area contributed by atoms with Gasteiger partial charge in [0.2, 0.25) is 0 Å². The fourth-order valence-electron chi connectivity index (χ4n) is 3.88. The molecule has 1 saturated carbocycles. The largest absolute Gasteiger partial charge is 0.372 e. The molecule has 88 valence electrons. The summed E-state index contributed by atoms with van der Waals surface area (Å²) in [6, 6.07) is 9.64. The quantitative estimate of drug-likeness (QED) is 0.823. The number of fused-ring (bicyclic) bond motifs is 3. The first-order valence-corrected chi connectivity index (χ1v) is 6.70. The molecule has 1 aromatic carbocycles. The molecule has 2 aliphatic carbocycles. The van der Waals surface area contributed by atoms with Gasteiger partial charge in [0.1, 0.15) is 0 Å². The predicted octanol–water partition coefficient (Wildman–Crippen LogP) is 2.50. The maximum Gasteiger partial charge on any atom is 0.0827 e. The Morgan fingerprint density at radius 2 is 2.29 bits per heavy atom. The summed E-state index contributed by atoms with van der Waals surface area (Å²) in [6.07, 6.45) is 7.26. The first kappa shape index (κ1) is 9.69. The van der Waals surface area contributed by atoms with Crippen LogP contribution in [0.5, 0.6) is 0 Å². The molecule has 17 heavy (non-hydrogen) atoms. The Bertz CT molecular complexity index is 472. The lowest BCUT2D eigenvalue weighted by molar-refractivity contribution is 0.358. The molecule has 0 bridgehead atoms. The fraction of sp³-hybridized carbons (Fsp3) is 0.533. The van der Waals surface area contributed by atoms with Crippen LogP contribution in [0.2, 0.25) is 0 Å². The smallest absolute Gasteiger partial charge is 0.0827 e. The van der Waals surface area contributed by atoms with Crippen LogP contribution in [0.25, 0.3) is 0 Å². The predicted molar refractivity (Wildman–Crippen MR) is 69.5 cm³/mol. The second kappa shape index (κ2) is 3.34. The molecule has 0 radical (unpaired) electrons. The SMILES string of the molecule is C1=NCC(CC23CCc4ccccc4C2C3)N1. The zero-order valence-electron chi connectivity index (χ0n) is 10.0. The van der Waals surface area contributed by atoms with Crippen LogP contribution < -0.4 is 5.32 Å². The molecule has 2 nitrogen and oxygen atoms in total. The minimum Gasteiger partial charge on any atom is -0.372 e. The average Bonchev–Trinajstić information content (AvgIpc) is 2.87. The molecule has 3 atom stereocenters. The molecule has 0 amide bonds. The minimum atomic E-state index is 0.602. The topological polar surface area (TPSA) is 24.4 Å². The first-order valence-electron chi connectivity index (χ1n) is 6.70. The van der Waals surface area contributed by atoms with E-state index in [9.17, 15) is 0 Å². The summed E-state index contributed by atoms with van der Waals surface area (Å²) < 4.78 is 0. The second-order valence-corrected chi connectivity index (χ2v) is 5.88. The van der Waals surface area contributed by atoms with E-state index in [4.69, 9.17) is 0 Å². The molecule has 2 heteroatoms. The van der Waals surface area contributed by atoms with Gasteiger partial charge in [-0.15, -0.1) is 0 Å². The van der Waals surface area contributed by atoms with Gasteiger partial charge in [-0.2, -0.15) is 0 Å². The lowest BCUT2D eigenvalue weighted by atomic mass is 9.80. The molecular formula is C15H18N2. The Labute approximate surface area is 102 Å². The number of rotatable bonds is 2. The number of hydrogen-bond acceptors (Lipinski definition) is 2.